The van der Waals surface area contributed by atoms with Crippen LogP contribution in [0, 0.1) is 5.92 Å². The first kappa shape index (κ1) is 15.1. The molecule has 1 saturated carbocycles. The monoisotopic (exact) mass is 354 g/mol. The Bertz CT molecular complexity index is 862. The molecule has 1 fully saturated rings. The zero-order valence-corrected chi connectivity index (χ0v) is 14.2. The minimum atomic E-state index is -3.47. The summed E-state index contributed by atoms with van der Waals surface area (Å²) in [6.45, 7) is 1.72. The van der Waals surface area contributed by atoms with Crippen LogP contribution in [0.4, 0.5) is 0 Å². The van der Waals surface area contributed by atoms with Crippen molar-refractivity contribution in [3.63, 3.8) is 0 Å². The first-order valence-corrected chi connectivity index (χ1v) is 10.1. The number of nitrogens with zero attached hydrogens (tertiary/aromatic N) is 4. The number of rotatable bonds is 4. The number of sulfonamides is 1. The highest BCUT2D eigenvalue weighted by Gasteiger charge is 2.30. The molecule has 0 amide bonds. The van der Waals surface area contributed by atoms with Crippen LogP contribution in [0.2, 0.25) is 0 Å². The second kappa shape index (κ2) is 5.57. The van der Waals surface area contributed by atoms with Crippen LogP contribution in [0.15, 0.2) is 26.5 Å². The molecule has 23 heavy (non-hydrogen) atoms. The number of fused-ring (bicyclic) bond motifs is 1. The van der Waals surface area contributed by atoms with Crippen molar-refractivity contribution in [3.8, 4) is 0 Å². The Morgan fingerprint density at radius 3 is 2.78 bits per heavy atom. The van der Waals surface area contributed by atoms with Gasteiger partial charge in [0.1, 0.15) is 10.0 Å². The summed E-state index contributed by atoms with van der Waals surface area (Å²) in [4.78, 5) is 12.4. The third-order valence-electron chi connectivity index (χ3n) is 4.37. The summed E-state index contributed by atoms with van der Waals surface area (Å²) in [5, 5.41) is 6.17. The van der Waals surface area contributed by atoms with Crippen molar-refractivity contribution in [3.05, 3.63) is 33.8 Å². The summed E-state index contributed by atoms with van der Waals surface area (Å²) >= 11 is 1.22. The molecule has 0 atom stereocenters. The molecule has 2 aromatic heterocycles. The molecule has 7 nitrogen and oxygen atoms in total. The minimum Gasteiger partial charge on any atom is -0.278 e. The van der Waals surface area contributed by atoms with Crippen molar-refractivity contribution in [1.29, 1.82) is 0 Å². The summed E-state index contributed by atoms with van der Waals surface area (Å²) in [6.07, 6.45) is 2.81. The van der Waals surface area contributed by atoms with Crippen LogP contribution in [0.25, 0.3) is 0 Å². The molecule has 0 saturated heterocycles. The molecule has 1 aliphatic carbocycles. The Labute approximate surface area is 138 Å². The van der Waals surface area contributed by atoms with Crippen molar-refractivity contribution >= 4 is 21.4 Å². The zero-order chi connectivity index (χ0) is 16.0. The second-order valence-corrected chi connectivity index (χ2v) is 9.17. The average molecular weight is 354 g/mol. The Balaban J connectivity index is 1.56. The van der Waals surface area contributed by atoms with E-state index in [9.17, 15) is 13.2 Å². The predicted octanol–water partition coefficient (Wildman–Crippen LogP) is 0.763. The van der Waals surface area contributed by atoms with Crippen LogP contribution in [0.1, 0.15) is 18.7 Å². The molecule has 124 valence electrons. The Kier molecular flexibility index (Phi) is 3.66. The van der Waals surface area contributed by atoms with Crippen LogP contribution in [0.3, 0.4) is 0 Å². The molecule has 0 unspecified atom stereocenters. The van der Waals surface area contributed by atoms with Crippen molar-refractivity contribution in [1.82, 2.24) is 18.7 Å². The van der Waals surface area contributed by atoms with E-state index in [0.717, 1.165) is 0 Å². The van der Waals surface area contributed by atoms with Gasteiger partial charge in [-0.05, 0) is 30.2 Å². The normalized spacial score (nSPS) is 19.5. The first-order chi connectivity index (χ1) is 11.1. The van der Waals surface area contributed by atoms with Crippen molar-refractivity contribution < 1.29 is 8.42 Å². The lowest BCUT2D eigenvalue weighted by Crippen LogP contribution is -2.35. The standard InChI is InChI=1S/C14H18N4O3S2/c19-14-17-8-7-16(23(20,21)13-2-1-9-22-13)6-5-12(17)15-18(14)10-11-3-4-11/h1-2,9,11H,3-8,10H2. The summed E-state index contributed by atoms with van der Waals surface area (Å²) < 4.78 is 30.2. The first-order valence-electron chi connectivity index (χ1n) is 7.76. The lowest BCUT2D eigenvalue weighted by atomic mass is 10.4. The van der Waals surface area contributed by atoms with Crippen LogP contribution in [-0.4, -0.2) is 40.2 Å². The summed E-state index contributed by atoms with van der Waals surface area (Å²) in [5.41, 5.74) is -0.109. The van der Waals surface area contributed by atoms with E-state index in [-0.39, 0.29) is 5.69 Å². The molecule has 1 aliphatic heterocycles. The van der Waals surface area contributed by atoms with E-state index in [0.29, 0.717) is 48.6 Å². The Morgan fingerprint density at radius 2 is 2.09 bits per heavy atom. The molecule has 0 bridgehead atoms. The quantitative estimate of drug-likeness (QED) is 0.812. The van der Waals surface area contributed by atoms with E-state index >= 15 is 0 Å². The fraction of sp³-hybridized carbons (Fsp3) is 0.571. The van der Waals surface area contributed by atoms with Crippen molar-refractivity contribution in [2.24, 2.45) is 5.92 Å². The lowest BCUT2D eigenvalue weighted by molar-refractivity contribution is 0.409. The smallest absolute Gasteiger partial charge is 0.278 e. The molecular weight excluding hydrogens is 336 g/mol. The highest BCUT2D eigenvalue weighted by molar-refractivity contribution is 7.91. The number of thiophene rings is 1. The van der Waals surface area contributed by atoms with Crippen molar-refractivity contribution in [2.75, 3.05) is 13.1 Å². The van der Waals surface area contributed by atoms with E-state index in [1.807, 2.05) is 0 Å². The number of hydrogen-bond acceptors (Lipinski definition) is 5. The Hall–Kier alpha value is -1.45. The zero-order valence-electron chi connectivity index (χ0n) is 12.6. The van der Waals surface area contributed by atoms with Gasteiger partial charge in [-0.2, -0.15) is 9.40 Å². The minimum absolute atomic E-state index is 0.109. The summed E-state index contributed by atoms with van der Waals surface area (Å²) in [7, 11) is -3.47. The largest absolute Gasteiger partial charge is 0.345 e. The fourth-order valence-corrected chi connectivity index (χ4v) is 5.46. The van der Waals surface area contributed by atoms with Gasteiger partial charge in [0.25, 0.3) is 10.0 Å². The predicted molar refractivity (Wildman–Crippen MR) is 86.0 cm³/mol. The van der Waals surface area contributed by atoms with Gasteiger partial charge in [0.15, 0.2) is 0 Å². The molecule has 0 spiro atoms. The maximum atomic E-state index is 12.6. The van der Waals surface area contributed by atoms with Crippen LogP contribution in [-0.2, 0) is 29.5 Å². The van der Waals surface area contributed by atoms with Gasteiger partial charge >= 0.3 is 5.69 Å². The molecular formula is C14H18N4O3S2. The molecule has 3 heterocycles. The van der Waals surface area contributed by atoms with Crippen LogP contribution >= 0.6 is 11.3 Å². The van der Waals surface area contributed by atoms with Crippen LogP contribution < -0.4 is 5.69 Å². The van der Waals surface area contributed by atoms with E-state index in [2.05, 4.69) is 5.10 Å². The molecule has 4 rings (SSSR count). The molecule has 0 N–H and O–H groups in total. The van der Waals surface area contributed by atoms with Gasteiger partial charge in [-0.15, -0.1) is 11.3 Å². The maximum Gasteiger partial charge on any atom is 0.345 e. The Morgan fingerprint density at radius 1 is 1.26 bits per heavy atom. The van der Waals surface area contributed by atoms with E-state index in [1.165, 1.54) is 28.5 Å². The lowest BCUT2D eigenvalue weighted by Gasteiger charge is -2.18. The van der Waals surface area contributed by atoms with Gasteiger partial charge in [-0.1, -0.05) is 6.07 Å². The maximum absolute atomic E-state index is 12.6. The van der Waals surface area contributed by atoms with Crippen molar-refractivity contribution in [2.45, 2.75) is 36.6 Å². The molecule has 0 radical (unpaired) electrons. The van der Waals surface area contributed by atoms with E-state index in [1.54, 1.807) is 26.8 Å². The van der Waals surface area contributed by atoms with Gasteiger partial charge in [0.2, 0.25) is 0 Å². The summed E-state index contributed by atoms with van der Waals surface area (Å²) in [6, 6.07) is 3.35. The fourth-order valence-electron chi connectivity index (χ4n) is 2.89. The van der Waals surface area contributed by atoms with Gasteiger partial charge in [-0.25, -0.2) is 17.9 Å². The molecule has 9 heteroatoms. The molecule has 2 aromatic rings. The molecule has 0 aromatic carbocycles. The highest BCUT2D eigenvalue weighted by atomic mass is 32.2. The van der Waals surface area contributed by atoms with E-state index < -0.39 is 10.0 Å². The van der Waals surface area contributed by atoms with Gasteiger partial charge in [0.05, 0.1) is 0 Å². The third kappa shape index (κ3) is 2.77. The number of aromatic nitrogens is 3. The van der Waals surface area contributed by atoms with Crippen LogP contribution in [0.5, 0.6) is 0 Å². The van der Waals surface area contributed by atoms with E-state index in [4.69, 9.17) is 0 Å². The summed E-state index contributed by atoms with van der Waals surface area (Å²) in [5.74, 6) is 1.28. The average Bonchev–Trinajstić information content (AvgIpc) is 3.13. The highest BCUT2D eigenvalue weighted by Crippen LogP contribution is 2.30. The SMILES string of the molecule is O=c1n(CC2CC2)nc2n1CCN(S(=O)(=O)c1cccs1)CC2. The number of hydrogen-bond donors (Lipinski definition) is 0. The molecule has 2 aliphatic rings. The van der Waals surface area contributed by atoms with Gasteiger partial charge < -0.3 is 0 Å². The van der Waals surface area contributed by atoms with Gasteiger partial charge in [-0.3, -0.25) is 4.57 Å². The van der Waals surface area contributed by atoms with Gasteiger partial charge in [0, 0.05) is 32.6 Å². The second-order valence-electron chi connectivity index (χ2n) is 6.06. The third-order valence-corrected chi connectivity index (χ3v) is 7.65. The topological polar surface area (TPSA) is 77.2 Å².